The van der Waals surface area contributed by atoms with Gasteiger partial charge in [-0.15, -0.1) is 0 Å². The molecule has 0 fully saturated rings. The van der Waals surface area contributed by atoms with Gasteiger partial charge in [-0.1, -0.05) is 120 Å². The summed E-state index contributed by atoms with van der Waals surface area (Å²) in [4.78, 5) is 32.3. The van der Waals surface area contributed by atoms with Crippen molar-refractivity contribution in [2.45, 2.75) is 159 Å². The Bertz CT molecular complexity index is 563. The summed E-state index contributed by atoms with van der Waals surface area (Å²) in [5, 5.41) is 32.3. The van der Waals surface area contributed by atoms with Crippen LogP contribution < -0.4 is 15.3 Å². The van der Waals surface area contributed by atoms with Crippen LogP contribution in [0.15, 0.2) is 0 Å². The minimum absolute atomic E-state index is 0. The molecule has 0 aliphatic rings. The minimum atomic E-state index is -0.902. The van der Waals surface area contributed by atoms with Gasteiger partial charge < -0.3 is 29.7 Å². The van der Waals surface area contributed by atoms with E-state index in [1.165, 1.54) is 0 Å². The molecule has 7 heteroatoms. The smallest absolute Gasteiger partial charge is 0.550 e. The normalized spacial score (nSPS) is 15.2. The van der Waals surface area contributed by atoms with Crippen LogP contribution in [0.2, 0.25) is 0 Å². The van der Waals surface area contributed by atoms with Crippen LogP contribution in [0.4, 0.5) is 0 Å². The number of hydrogen-bond acceptors (Lipinski definition) is 6. The maximum Gasteiger partial charge on any atom is 3.00 e. The molecule has 0 heterocycles. The van der Waals surface area contributed by atoms with Gasteiger partial charge in [-0.05, 0) is 38.5 Å². The molecule has 6 nitrogen and oxygen atoms in total. The minimum Gasteiger partial charge on any atom is -0.550 e. The molecule has 0 aromatic rings. The molecule has 0 N–H and O–H groups in total. The summed E-state index contributed by atoms with van der Waals surface area (Å²) >= 11 is 0. The molecule has 220 valence electrons. The van der Waals surface area contributed by atoms with Gasteiger partial charge in [-0.2, -0.15) is 0 Å². The van der Waals surface area contributed by atoms with Crippen LogP contribution in [0.25, 0.3) is 0 Å². The van der Waals surface area contributed by atoms with Crippen molar-refractivity contribution >= 4 is 17.9 Å². The first-order chi connectivity index (χ1) is 16.7. The number of carbonyl (C=O) groups is 3. The van der Waals surface area contributed by atoms with Crippen LogP contribution in [0.5, 0.6) is 0 Å². The van der Waals surface area contributed by atoms with Crippen molar-refractivity contribution in [1.29, 1.82) is 0 Å². The van der Waals surface area contributed by atoms with Crippen molar-refractivity contribution in [3.8, 4) is 0 Å². The van der Waals surface area contributed by atoms with E-state index in [4.69, 9.17) is 0 Å². The van der Waals surface area contributed by atoms with Crippen LogP contribution in [-0.4, -0.2) is 17.9 Å². The quantitative estimate of drug-likeness (QED) is 0.186. The molecule has 0 aromatic heterocycles. The summed E-state index contributed by atoms with van der Waals surface area (Å²) < 4.78 is 0. The first-order valence-corrected chi connectivity index (χ1v) is 14.3. The third-order valence-electron chi connectivity index (χ3n) is 7.59. The van der Waals surface area contributed by atoms with Crippen LogP contribution >= 0.6 is 0 Å². The molecule has 0 bridgehead atoms. The molecule has 37 heavy (non-hydrogen) atoms. The zero-order valence-electron chi connectivity index (χ0n) is 25.4. The topological polar surface area (TPSA) is 120 Å². The molecular weight excluding hydrogens is 608 g/mol. The Morgan fingerprint density at radius 2 is 0.757 bits per heavy atom. The van der Waals surface area contributed by atoms with E-state index in [1.54, 1.807) is 20.8 Å². The van der Waals surface area contributed by atoms with E-state index in [1.807, 2.05) is 20.8 Å². The second kappa shape index (κ2) is 25.0. The van der Waals surface area contributed by atoms with Crippen molar-refractivity contribution in [3.63, 3.8) is 0 Å². The fourth-order valence-electron chi connectivity index (χ4n) is 3.82. The Labute approximate surface area is 269 Å². The average Bonchev–Trinajstić information content (AvgIpc) is 2.83. The standard InChI is InChI=1S/3C10H20O2.Eu/c2*1-4-6-7-8-10(3,5-2)9(11)12;1-4-6-8-10(3,7-5-2)9(11)12;/h3*4-8H2,1-3H3,(H,11,12);/q;;;+3/p-3. The van der Waals surface area contributed by atoms with E-state index in [9.17, 15) is 29.7 Å². The largest absolute Gasteiger partial charge is 3.00 e. The van der Waals surface area contributed by atoms with Gasteiger partial charge in [-0.3, -0.25) is 0 Å². The zero-order valence-corrected chi connectivity index (χ0v) is 27.9. The van der Waals surface area contributed by atoms with Crippen LogP contribution in [-0.2, 0) is 14.4 Å². The number of rotatable bonds is 18. The monoisotopic (exact) mass is 666 g/mol. The van der Waals surface area contributed by atoms with Gasteiger partial charge in [-0.25, -0.2) is 0 Å². The molecule has 0 saturated carbocycles. The van der Waals surface area contributed by atoms with Crippen molar-refractivity contribution in [2.24, 2.45) is 16.2 Å². The summed E-state index contributed by atoms with van der Waals surface area (Å²) in [5.74, 6) is -2.69. The average molecular weight is 666 g/mol. The molecular formula is C30H57EuO6. The van der Waals surface area contributed by atoms with Gasteiger partial charge in [0, 0.05) is 34.2 Å². The Kier molecular flexibility index (Phi) is 29.7. The maximum absolute atomic E-state index is 10.8. The Morgan fingerprint density at radius 1 is 0.459 bits per heavy atom. The summed E-state index contributed by atoms with van der Waals surface area (Å²) in [6.07, 6.45) is 13.7. The SMILES string of the molecule is CCCCC(C)(CCC)C(=O)[O-].CCCCCC(C)(CC)C(=O)[O-].CCCCCC(C)(CC)C(=O)[O-].[Eu+3]. The predicted molar refractivity (Wildman–Crippen MR) is 143 cm³/mol. The number of unbranched alkanes of at least 4 members (excludes halogenated alkanes) is 5. The molecule has 0 aliphatic heterocycles. The third kappa shape index (κ3) is 20.5. The predicted octanol–water partition coefficient (Wildman–Crippen LogP) is 5.20. The van der Waals surface area contributed by atoms with Gasteiger partial charge in [0.1, 0.15) is 0 Å². The molecule has 3 unspecified atom stereocenters. The fraction of sp³-hybridized carbons (Fsp3) is 0.900. The van der Waals surface area contributed by atoms with Crippen molar-refractivity contribution in [2.75, 3.05) is 0 Å². The second-order valence-corrected chi connectivity index (χ2v) is 11.0. The van der Waals surface area contributed by atoms with Gasteiger partial charge in [0.25, 0.3) is 0 Å². The van der Waals surface area contributed by atoms with E-state index in [0.29, 0.717) is 12.8 Å². The van der Waals surface area contributed by atoms with E-state index in [2.05, 4.69) is 20.8 Å². The maximum atomic E-state index is 10.8. The number of carbonyl (C=O) groups excluding carboxylic acids is 3. The molecule has 3 atom stereocenters. The molecule has 0 aromatic carbocycles. The number of aliphatic carboxylic acids is 3. The molecule has 0 rings (SSSR count). The summed E-state index contributed by atoms with van der Waals surface area (Å²) in [5.41, 5.74) is -1.80. The summed E-state index contributed by atoms with van der Waals surface area (Å²) in [6.45, 7) is 17.5. The van der Waals surface area contributed by atoms with E-state index in [0.717, 1.165) is 83.5 Å². The molecule has 0 radical (unpaired) electrons. The van der Waals surface area contributed by atoms with Crippen molar-refractivity contribution in [3.05, 3.63) is 0 Å². The van der Waals surface area contributed by atoms with Crippen LogP contribution in [0.3, 0.4) is 0 Å². The van der Waals surface area contributed by atoms with E-state index in [-0.39, 0.29) is 49.4 Å². The van der Waals surface area contributed by atoms with E-state index < -0.39 is 34.2 Å². The van der Waals surface area contributed by atoms with Crippen molar-refractivity contribution in [1.82, 2.24) is 0 Å². The number of hydrogen-bond donors (Lipinski definition) is 0. The van der Waals surface area contributed by atoms with Gasteiger partial charge in [0.05, 0.1) is 0 Å². The second-order valence-electron chi connectivity index (χ2n) is 11.0. The van der Waals surface area contributed by atoms with Crippen LogP contribution in [0, 0.1) is 65.6 Å². The Balaban J connectivity index is -0.000000218. The summed E-state index contributed by atoms with van der Waals surface area (Å²) in [7, 11) is 0. The van der Waals surface area contributed by atoms with Crippen molar-refractivity contribution < 1.29 is 79.1 Å². The number of carboxylic acid groups (broad SMARTS) is 3. The van der Waals surface area contributed by atoms with Gasteiger partial charge >= 0.3 is 49.4 Å². The van der Waals surface area contributed by atoms with E-state index >= 15 is 0 Å². The van der Waals surface area contributed by atoms with Gasteiger partial charge in [0.15, 0.2) is 0 Å². The number of carboxylic acids is 3. The Hall–Kier alpha value is -0.00558. The molecule has 0 amide bonds. The summed E-state index contributed by atoms with van der Waals surface area (Å²) in [6, 6.07) is 0. The molecule has 0 saturated heterocycles. The van der Waals surface area contributed by atoms with Crippen LogP contribution in [0.1, 0.15) is 159 Å². The zero-order chi connectivity index (χ0) is 28.8. The first-order valence-electron chi connectivity index (χ1n) is 14.3. The van der Waals surface area contributed by atoms with Gasteiger partial charge in [0.2, 0.25) is 0 Å². The molecule has 0 spiro atoms. The Morgan fingerprint density at radius 3 is 0.973 bits per heavy atom. The first kappa shape index (κ1) is 44.0. The fourth-order valence-corrected chi connectivity index (χ4v) is 3.82. The third-order valence-corrected chi connectivity index (χ3v) is 7.59. The molecule has 0 aliphatic carbocycles.